The Bertz CT molecular complexity index is 451. The number of nitrogens with zero attached hydrogens (tertiary/aromatic N) is 1. The van der Waals surface area contributed by atoms with Gasteiger partial charge in [0, 0.05) is 13.1 Å². The molecule has 1 unspecified atom stereocenters. The molecule has 19 heavy (non-hydrogen) atoms. The number of para-hydroxylation sites is 1. The number of carbonyl (C=O) groups excluding carboxylic acids is 1. The summed E-state index contributed by atoms with van der Waals surface area (Å²) in [6.07, 6.45) is 3.07. The number of phenolic OH excluding ortho intramolecular Hbond substituents is 1. The van der Waals surface area contributed by atoms with E-state index in [0.717, 1.165) is 37.9 Å². The molecule has 2 rings (SSSR count). The third-order valence-electron chi connectivity index (χ3n) is 3.88. The minimum atomic E-state index is -0.0897. The maximum absolute atomic E-state index is 12.5. The second-order valence-corrected chi connectivity index (χ2v) is 5.22. The third kappa shape index (κ3) is 3.07. The van der Waals surface area contributed by atoms with E-state index in [4.69, 9.17) is 0 Å². The summed E-state index contributed by atoms with van der Waals surface area (Å²) >= 11 is 0. The van der Waals surface area contributed by atoms with Gasteiger partial charge in [-0.15, -0.1) is 0 Å². The van der Waals surface area contributed by atoms with E-state index in [1.54, 1.807) is 11.0 Å². The van der Waals surface area contributed by atoms with Gasteiger partial charge in [0.25, 0.3) is 5.91 Å². The van der Waals surface area contributed by atoms with Gasteiger partial charge in [0.15, 0.2) is 0 Å². The quantitative estimate of drug-likeness (QED) is 0.856. The molecule has 1 saturated heterocycles. The Kier molecular flexibility index (Phi) is 4.43. The molecular formula is C15H22N2O2. The van der Waals surface area contributed by atoms with E-state index >= 15 is 0 Å². The van der Waals surface area contributed by atoms with Gasteiger partial charge in [-0.3, -0.25) is 4.79 Å². The minimum Gasteiger partial charge on any atom is -0.507 e. The van der Waals surface area contributed by atoms with Crippen LogP contribution < -0.4 is 5.32 Å². The van der Waals surface area contributed by atoms with Gasteiger partial charge in [0.05, 0.1) is 5.56 Å². The van der Waals surface area contributed by atoms with Crippen LogP contribution in [-0.4, -0.2) is 42.1 Å². The predicted molar refractivity (Wildman–Crippen MR) is 75.4 cm³/mol. The Labute approximate surface area is 114 Å². The monoisotopic (exact) mass is 262 g/mol. The number of aromatic hydroxyl groups is 1. The van der Waals surface area contributed by atoms with Crippen LogP contribution in [0, 0.1) is 6.92 Å². The van der Waals surface area contributed by atoms with Crippen molar-refractivity contribution in [2.45, 2.75) is 32.2 Å². The van der Waals surface area contributed by atoms with Gasteiger partial charge in [-0.05, 0) is 50.9 Å². The van der Waals surface area contributed by atoms with E-state index in [-0.39, 0.29) is 17.7 Å². The zero-order valence-electron chi connectivity index (χ0n) is 11.6. The van der Waals surface area contributed by atoms with Crippen molar-refractivity contribution in [3.8, 4) is 5.75 Å². The zero-order valence-corrected chi connectivity index (χ0v) is 11.6. The topological polar surface area (TPSA) is 52.6 Å². The predicted octanol–water partition coefficient (Wildman–Crippen LogP) is 1.91. The summed E-state index contributed by atoms with van der Waals surface area (Å²) in [7, 11) is 1.83. The number of phenols is 1. The SMILES string of the molecule is Cc1cccc(C(=O)N(C)C2CCCNCC2)c1O. The van der Waals surface area contributed by atoms with Crippen LogP contribution in [0.4, 0.5) is 0 Å². The lowest BCUT2D eigenvalue weighted by atomic mass is 10.0. The lowest BCUT2D eigenvalue weighted by molar-refractivity contribution is 0.0717. The van der Waals surface area contributed by atoms with Gasteiger partial charge in [-0.25, -0.2) is 0 Å². The number of hydrogen-bond acceptors (Lipinski definition) is 3. The van der Waals surface area contributed by atoms with E-state index in [9.17, 15) is 9.90 Å². The van der Waals surface area contributed by atoms with Crippen LogP contribution >= 0.6 is 0 Å². The molecule has 104 valence electrons. The molecule has 1 amide bonds. The van der Waals surface area contributed by atoms with Crippen molar-refractivity contribution in [2.75, 3.05) is 20.1 Å². The van der Waals surface area contributed by atoms with Gasteiger partial charge in [0.1, 0.15) is 5.75 Å². The van der Waals surface area contributed by atoms with Crippen molar-refractivity contribution in [3.05, 3.63) is 29.3 Å². The minimum absolute atomic E-state index is 0.0897. The molecule has 0 spiro atoms. The summed E-state index contributed by atoms with van der Waals surface area (Å²) in [6.45, 7) is 3.78. The molecule has 0 bridgehead atoms. The van der Waals surface area contributed by atoms with E-state index in [0.29, 0.717) is 5.56 Å². The Balaban J connectivity index is 2.15. The van der Waals surface area contributed by atoms with Crippen molar-refractivity contribution >= 4 is 5.91 Å². The first kappa shape index (κ1) is 13.9. The maximum atomic E-state index is 12.5. The molecular weight excluding hydrogens is 240 g/mol. The summed E-state index contributed by atoms with van der Waals surface area (Å²) in [5.74, 6) is 0.0131. The Morgan fingerprint density at radius 3 is 2.95 bits per heavy atom. The van der Waals surface area contributed by atoms with Gasteiger partial charge in [0.2, 0.25) is 0 Å². The average molecular weight is 262 g/mol. The van der Waals surface area contributed by atoms with Crippen molar-refractivity contribution in [3.63, 3.8) is 0 Å². The highest BCUT2D eigenvalue weighted by Gasteiger charge is 2.24. The van der Waals surface area contributed by atoms with Crippen LogP contribution in [0.2, 0.25) is 0 Å². The first-order chi connectivity index (χ1) is 9.11. The first-order valence-corrected chi connectivity index (χ1v) is 6.87. The average Bonchev–Trinajstić information content (AvgIpc) is 2.69. The Morgan fingerprint density at radius 1 is 1.37 bits per heavy atom. The number of rotatable bonds is 2. The van der Waals surface area contributed by atoms with E-state index in [1.807, 2.05) is 26.1 Å². The second-order valence-electron chi connectivity index (χ2n) is 5.22. The molecule has 0 radical (unpaired) electrons. The van der Waals surface area contributed by atoms with Crippen molar-refractivity contribution in [1.82, 2.24) is 10.2 Å². The summed E-state index contributed by atoms with van der Waals surface area (Å²) in [5, 5.41) is 13.4. The molecule has 1 fully saturated rings. The van der Waals surface area contributed by atoms with Crippen molar-refractivity contribution in [1.29, 1.82) is 0 Å². The maximum Gasteiger partial charge on any atom is 0.257 e. The summed E-state index contributed by atoms with van der Waals surface area (Å²) in [5.41, 5.74) is 1.14. The lowest BCUT2D eigenvalue weighted by Gasteiger charge is -2.27. The summed E-state index contributed by atoms with van der Waals surface area (Å²) in [6, 6.07) is 5.56. The summed E-state index contributed by atoms with van der Waals surface area (Å²) < 4.78 is 0. The highest BCUT2D eigenvalue weighted by atomic mass is 16.3. The number of amides is 1. The Hall–Kier alpha value is -1.55. The molecule has 4 nitrogen and oxygen atoms in total. The van der Waals surface area contributed by atoms with Gasteiger partial charge in [-0.1, -0.05) is 12.1 Å². The highest BCUT2D eigenvalue weighted by Crippen LogP contribution is 2.24. The fourth-order valence-corrected chi connectivity index (χ4v) is 2.58. The fourth-order valence-electron chi connectivity index (χ4n) is 2.58. The molecule has 1 atom stereocenters. The zero-order chi connectivity index (χ0) is 13.8. The number of nitrogens with one attached hydrogen (secondary N) is 1. The first-order valence-electron chi connectivity index (χ1n) is 6.87. The normalized spacial score (nSPS) is 19.8. The molecule has 0 aliphatic carbocycles. The molecule has 1 aromatic rings. The molecule has 1 aliphatic rings. The fraction of sp³-hybridized carbons (Fsp3) is 0.533. The van der Waals surface area contributed by atoms with Gasteiger partial charge >= 0.3 is 0 Å². The van der Waals surface area contributed by atoms with Crippen LogP contribution in [0.25, 0.3) is 0 Å². The Morgan fingerprint density at radius 2 is 2.16 bits per heavy atom. The second kappa shape index (κ2) is 6.06. The van der Waals surface area contributed by atoms with Crippen molar-refractivity contribution < 1.29 is 9.90 Å². The van der Waals surface area contributed by atoms with Crippen LogP contribution in [0.5, 0.6) is 5.75 Å². The van der Waals surface area contributed by atoms with Crippen LogP contribution in [-0.2, 0) is 0 Å². The molecule has 1 aliphatic heterocycles. The lowest BCUT2D eigenvalue weighted by Crippen LogP contribution is -2.37. The van der Waals surface area contributed by atoms with Gasteiger partial charge < -0.3 is 15.3 Å². The molecule has 1 aromatic carbocycles. The van der Waals surface area contributed by atoms with Crippen LogP contribution in [0.1, 0.15) is 35.2 Å². The molecule has 2 N–H and O–H groups in total. The molecule has 4 heteroatoms. The summed E-state index contributed by atoms with van der Waals surface area (Å²) in [4.78, 5) is 14.3. The standard InChI is InChI=1S/C15H22N2O2/c1-11-5-3-7-13(14(11)18)15(19)17(2)12-6-4-9-16-10-8-12/h3,5,7,12,16,18H,4,6,8-10H2,1-2H3. The van der Waals surface area contributed by atoms with Crippen LogP contribution in [0.3, 0.4) is 0 Å². The largest absolute Gasteiger partial charge is 0.507 e. The van der Waals surface area contributed by atoms with E-state index < -0.39 is 0 Å². The number of carbonyl (C=O) groups is 1. The van der Waals surface area contributed by atoms with E-state index in [2.05, 4.69) is 5.32 Å². The molecule has 1 heterocycles. The van der Waals surface area contributed by atoms with Crippen LogP contribution in [0.15, 0.2) is 18.2 Å². The highest BCUT2D eigenvalue weighted by molar-refractivity contribution is 5.97. The number of benzene rings is 1. The number of aryl methyl sites for hydroxylation is 1. The van der Waals surface area contributed by atoms with Crippen molar-refractivity contribution in [2.24, 2.45) is 0 Å². The number of hydrogen-bond donors (Lipinski definition) is 2. The van der Waals surface area contributed by atoms with E-state index in [1.165, 1.54) is 0 Å². The third-order valence-corrected chi connectivity index (χ3v) is 3.88. The smallest absolute Gasteiger partial charge is 0.257 e. The van der Waals surface area contributed by atoms with Gasteiger partial charge in [-0.2, -0.15) is 0 Å². The molecule has 0 aromatic heterocycles. The molecule has 0 saturated carbocycles.